The van der Waals surface area contributed by atoms with Gasteiger partial charge in [-0.3, -0.25) is 9.69 Å². The normalized spacial score (nSPS) is 16.8. The molecule has 11 heteroatoms. The van der Waals surface area contributed by atoms with Gasteiger partial charge in [-0.15, -0.1) is 11.3 Å². The van der Waals surface area contributed by atoms with Crippen molar-refractivity contribution in [3.8, 4) is 0 Å². The van der Waals surface area contributed by atoms with E-state index < -0.39 is 23.6 Å². The Bertz CT molecular complexity index is 1180. The minimum atomic E-state index is -0.941. The van der Waals surface area contributed by atoms with Gasteiger partial charge in [-0.1, -0.05) is 0 Å². The van der Waals surface area contributed by atoms with Gasteiger partial charge < -0.3 is 15.1 Å². The Hall–Kier alpha value is -3.34. The predicted octanol–water partition coefficient (Wildman–Crippen LogP) is 2.46. The van der Waals surface area contributed by atoms with E-state index >= 15 is 0 Å². The Balaban J connectivity index is 1.35. The number of aromatic nitrogens is 2. The SMILES string of the molecule is O=C(c1cc(N2CCNC2=O)c(F)cc1F)N1CCN(c2ncnc3sccc23)CC1. The zero-order valence-corrected chi connectivity index (χ0v) is 17.2. The van der Waals surface area contributed by atoms with Crippen LogP contribution in [0.3, 0.4) is 0 Å². The Kier molecular flexibility index (Phi) is 4.89. The molecule has 3 amide bonds. The number of carbonyl (C=O) groups is 2. The van der Waals surface area contributed by atoms with Gasteiger partial charge in [0.05, 0.1) is 16.6 Å². The highest BCUT2D eigenvalue weighted by atomic mass is 32.1. The highest BCUT2D eigenvalue weighted by Crippen LogP contribution is 2.29. The highest BCUT2D eigenvalue weighted by molar-refractivity contribution is 7.16. The van der Waals surface area contributed by atoms with Crippen LogP contribution in [0.2, 0.25) is 0 Å². The number of anilines is 2. The van der Waals surface area contributed by atoms with Crippen molar-refractivity contribution in [2.45, 2.75) is 0 Å². The third-order valence-corrected chi connectivity index (χ3v) is 6.34. The molecule has 1 aromatic carbocycles. The highest BCUT2D eigenvalue weighted by Gasteiger charge is 2.30. The number of thiophene rings is 1. The zero-order chi connectivity index (χ0) is 21.5. The molecule has 2 aliphatic rings. The second kappa shape index (κ2) is 7.73. The van der Waals surface area contributed by atoms with E-state index in [9.17, 15) is 18.4 Å². The number of hydrogen-bond donors (Lipinski definition) is 1. The molecular weight excluding hydrogens is 426 g/mol. The van der Waals surface area contributed by atoms with Crippen molar-refractivity contribution in [1.29, 1.82) is 0 Å². The maximum absolute atomic E-state index is 14.5. The van der Waals surface area contributed by atoms with E-state index in [4.69, 9.17) is 0 Å². The van der Waals surface area contributed by atoms with Crippen molar-refractivity contribution in [3.05, 3.63) is 47.1 Å². The van der Waals surface area contributed by atoms with Crippen molar-refractivity contribution >= 4 is 45.0 Å². The van der Waals surface area contributed by atoms with E-state index in [1.165, 1.54) is 27.5 Å². The van der Waals surface area contributed by atoms with Gasteiger partial charge >= 0.3 is 6.03 Å². The summed E-state index contributed by atoms with van der Waals surface area (Å²) in [6.45, 7) is 2.40. The van der Waals surface area contributed by atoms with Gasteiger partial charge in [0.1, 0.15) is 28.6 Å². The van der Waals surface area contributed by atoms with Gasteiger partial charge in [-0.2, -0.15) is 0 Å². The van der Waals surface area contributed by atoms with Crippen LogP contribution in [0.5, 0.6) is 0 Å². The number of piperazine rings is 1. The van der Waals surface area contributed by atoms with Gasteiger partial charge in [-0.25, -0.2) is 23.5 Å². The summed E-state index contributed by atoms with van der Waals surface area (Å²) in [4.78, 5) is 39.2. The molecule has 2 aromatic heterocycles. The third kappa shape index (κ3) is 3.44. The largest absolute Gasteiger partial charge is 0.352 e. The first kappa shape index (κ1) is 19.6. The van der Waals surface area contributed by atoms with Gasteiger partial charge in [0.25, 0.3) is 5.91 Å². The molecule has 0 atom stereocenters. The number of amides is 3. The van der Waals surface area contributed by atoms with E-state index in [2.05, 4.69) is 20.2 Å². The summed E-state index contributed by atoms with van der Waals surface area (Å²) in [5, 5.41) is 5.49. The Labute approximate surface area is 180 Å². The number of rotatable bonds is 3. The van der Waals surface area contributed by atoms with E-state index in [-0.39, 0.29) is 17.8 Å². The molecule has 8 nitrogen and oxygen atoms in total. The molecule has 0 unspecified atom stereocenters. The summed E-state index contributed by atoms with van der Waals surface area (Å²) >= 11 is 1.54. The summed E-state index contributed by atoms with van der Waals surface area (Å²) in [7, 11) is 0. The van der Waals surface area contributed by atoms with Crippen molar-refractivity contribution in [1.82, 2.24) is 20.2 Å². The van der Waals surface area contributed by atoms with Gasteiger partial charge in [0.15, 0.2) is 0 Å². The number of hydrogen-bond acceptors (Lipinski definition) is 6. The second-order valence-electron chi connectivity index (χ2n) is 7.28. The Morgan fingerprint density at radius 2 is 1.87 bits per heavy atom. The molecular formula is C20H18F2N6O2S. The van der Waals surface area contributed by atoms with Crippen LogP contribution in [0.15, 0.2) is 29.9 Å². The van der Waals surface area contributed by atoms with Crippen LogP contribution in [0.25, 0.3) is 10.2 Å². The number of fused-ring (bicyclic) bond motifs is 1. The standard InChI is InChI=1S/C20H18F2N6O2S/c21-14-10-15(22)16(28-3-2-23-20(28)30)9-13(14)19(29)27-6-4-26(5-7-27)17-12-1-8-31-18(12)25-11-24-17/h1,8-11H,2-7H2,(H,23,30). The minimum Gasteiger partial charge on any atom is -0.352 e. The number of benzene rings is 1. The fourth-order valence-corrected chi connectivity index (χ4v) is 4.66. The van der Waals surface area contributed by atoms with Crippen LogP contribution >= 0.6 is 11.3 Å². The summed E-state index contributed by atoms with van der Waals surface area (Å²) in [5.74, 6) is -1.53. The third-order valence-electron chi connectivity index (χ3n) is 5.52. The molecule has 0 bridgehead atoms. The first-order chi connectivity index (χ1) is 15.0. The van der Waals surface area contributed by atoms with Crippen LogP contribution in [0.1, 0.15) is 10.4 Å². The fraction of sp³-hybridized carbons (Fsp3) is 0.300. The summed E-state index contributed by atoms with van der Waals surface area (Å²) < 4.78 is 28.8. The first-order valence-corrected chi connectivity index (χ1v) is 10.7. The lowest BCUT2D eigenvalue weighted by atomic mass is 10.1. The molecule has 3 aromatic rings. The maximum Gasteiger partial charge on any atom is 0.322 e. The van der Waals surface area contributed by atoms with Gasteiger partial charge in [-0.05, 0) is 17.5 Å². The number of carbonyl (C=O) groups excluding carboxylic acids is 2. The Morgan fingerprint density at radius 3 is 2.61 bits per heavy atom. The Morgan fingerprint density at radius 1 is 1.06 bits per heavy atom. The van der Waals surface area contributed by atoms with Crippen LogP contribution < -0.4 is 15.1 Å². The van der Waals surface area contributed by atoms with E-state index in [0.717, 1.165) is 22.1 Å². The van der Waals surface area contributed by atoms with Crippen LogP contribution in [-0.2, 0) is 0 Å². The van der Waals surface area contributed by atoms with E-state index in [1.807, 2.05) is 11.4 Å². The molecule has 2 aliphatic heterocycles. The monoisotopic (exact) mass is 444 g/mol. The molecule has 1 N–H and O–H groups in total. The molecule has 2 saturated heterocycles. The van der Waals surface area contributed by atoms with Crippen LogP contribution in [-0.4, -0.2) is 66.1 Å². The average Bonchev–Trinajstić information content (AvgIpc) is 3.42. The predicted molar refractivity (Wildman–Crippen MR) is 113 cm³/mol. The summed E-state index contributed by atoms with van der Waals surface area (Å²) in [6, 6.07) is 3.29. The number of nitrogens with zero attached hydrogens (tertiary/aromatic N) is 5. The molecule has 0 aliphatic carbocycles. The average molecular weight is 444 g/mol. The van der Waals surface area contributed by atoms with E-state index in [1.54, 1.807) is 0 Å². The number of urea groups is 1. The zero-order valence-electron chi connectivity index (χ0n) is 16.3. The number of nitrogens with one attached hydrogen (secondary N) is 1. The number of halogens is 2. The second-order valence-corrected chi connectivity index (χ2v) is 8.18. The smallest absolute Gasteiger partial charge is 0.322 e. The van der Waals surface area contributed by atoms with Crippen molar-refractivity contribution in [2.24, 2.45) is 0 Å². The lowest BCUT2D eigenvalue weighted by molar-refractivity contribution is 0.0741. The maximum atomic E-state index is 14.5. The van der Waals surface area contributed by atoms with Crippen molar-refractivity contribution in [3.63, 3.8) is 0 Å². The van der Waals surface area contributed by atoms with Crippen LogP contribution in [0, 0.1) is 11.6 Å². The summed E-state index contributed by atoms with van der Waals surface area (Å²) in [5.41, 5.74) is -0.342. The lowest BCUT2D eigenvalue weighted by Crippen LogP contribution is -2.49. The molecule has 0 saturated carbocycles. The summed E-state index contributed by atoms with van der Waals surface area (Å²) in [6.07, 6.45) is 1.52. The molecule has 31 heavy (non-hydrogen) atoms. The van der Waals surface area contributed by atoms with E-state index in [0.29, 0.717) is 38.8 Å². The van der Waals surface area contributed by atoms with Gasteiger partial charge in [0, 0.05) is 45.3 Å². The van der Waals surface area contributed by atoms with Crippen LogP contribution in [0.4, 0.5) is 25.1 Å². The van der Waals surface area contributed by atoms with Crippen molar-refractivity contribution < 1.29 is 18.4 Å². The molecule has 5 rings (SSSR count). The minimum absolute atomic E-state index is 0.0979. The fourth-order valence-electron chi connectivity index (χ4n) is 3.93. The molecule has 0 spiro atoms. The molecule has 0 radical (unpaired) electrons. The van der Waals surface area contributed by atoms with Gasteiger partial charge in [0.2, 0.25) is 0 Å². The molecule has 2 fully saturated rings. The quantitative estimate of drug-likeness (QED) is 0.671. The van der Waals surface area contributed by atoms with Crippen molar-refractivity contribution in [2.75, 3.05) is 49.1 Å². The lowest BCUT2D eigenvalue weighted by Gasteiger charge is -2.35. The first-order valence-electron chi connectivity index (χ1n) is 9.80. The topological polar surface area (TPSA) is 81.7 Å². The molecule has 160 valence electrons. The molecule has 4 heterocycles.